The van der Waals surface area contributed by atoms with Gasteiger partial charge in [-0.3, -0.25) is 0 Å². The van der Waals surface area contributed by atoms with Crippen molar-refractivity contribution in [1.82, 2.24) is 24.8 Å². The predicted molar refractivity (Wildman–Crippen MR) is 84.6 cm³/mol. The van der Waals surface area contributed by atoms with Crippen molar-refractivity contribution >= 4 is 22.9 Å². The molecule has 1 aliphatic heterocycles. The maximum absolute atomic E-state index is 4.55. The van der Waals surface area contributed by atoms with E-state index in [-0.39, 0.29) is 0 Å². The third-order valence-corrected chi connectivity index (χ3v) is 4.02. The fraction of sp³-hybridized carbons (Fsp3) is 0.643. The molecule has 1 fully saturated rings. The van der Waals surface area contributed by atoms with Gasteiger partial charge in [0.1, 0.15) is 5.52 Å². The maximum atomic E-state index is 4.55. The van der Waals surface area contributed by atoms with Crippen LogP contribution < -0.4 is 10.6 Å². The normalized spacial score (nSPS) is 17.2. The van der Waals surface area contributed by atoms with Crippen LogP contribution >= 0.6 is 0 Å². The van der Waals surface area contributed by atoms with Crippen LogP contribution in [0.1, 0.15) is 19.8 Å². The molecule has 0 amide bonds. The summed E-state index contributed by atoms with van der Waals surface area (Å²) in [6.45, 7) is 6.13. The Hall–Kier alpha value is -1.89. The molecular formula is C14H23N7. The standard InChI is InChI=1S/C14H23N7/c1-3-15-14-19-12(11-13(20-14)18-9-17-11)16-8-10-4-6-21(2)7-5-10/h9-10H,3-8H2,1-2H3,(H3,15,16,17,18,19,20). The van der Waals surface area contributed by atoms with Gasteiger partial charge >= 0.3 is 0 Å². The second-order valence-corrected chi connectivity index (χ2v) is 5.65. The van der Waals surface area contributed by atoms with E-state index in [1.165, 1.54) is 25.9 Å². The van der Waals surface area contributed by atoms with Crippen molar-refractivity contribution in [3.63, 3.8) is 0 Å². The van der Waals surface area contributed by atoms with Gasteiger partial charge in [-0.2, -0.15) is 9.97 Å². The molecule has 0 aromatic carbocycles. The van der Waals surface area contributed by atoms with Crippen LogP contribution in [0.5, 0.6) is 0 Å². The highest BCUT2D eigenvalue weighted by Crippen LogP contribution is 2.21. The van der Waals surface area contributed by atoms with E-state index in [2.05, 4.69) is 42.5 Å². The highest BCUT2D eigenvalue weighted by molar-refractivity contribution is 5.83. The Kier molecular flexibility index (Phi) is 4.19. The number of nitrogens with zero attached hydrogens (tertiary/aromatic N) is 4. The molecule has 0 spiro atoms. The maximum Gasteiger partial charge on any atom is 0.226 e. The number of rotatable bonds is 5. The summed E-state index contributed by atoms with van der Waals surface area (Å²) in [6.07, 6.45) is 4.14. The number of aromatic nitrogens is 4. The molecular weight excluding hydrogens is 266 g/mol. The summed E-state index contributed by atoms with van der Waals surface area (Å²) in [7, 11) is 2.19. The van der Waals surface area contributed by atoms with Crippen LogP contribution in [0, 0.1) is 5.92 Å². The Bertz CT molecular complexity index is 586. The molecule has 1 saturated heterocycles. The molecule has 1 aliphatic rings. The lowest BCUT2D eigenvalue weighted by Crippen LogP contribution is -2.33. The molecule has 2 aromatic heterocycles. The quantitative estimate of drug-likeness (QED) is 0.774. The molecule has 0 saturated carbocycles. The van der Waals surface area contributed by atoms with Gasteiger partial charge in [0.25, 0.3) is 0 Å². The number of aromatic amines is 1. The van der Waals surface area contributed by atoms with Gasteiger partial charge < -0.3 is 20.5 Å². The van der Waals surface area contributed by atoms with E-state index in [9.17, 15) is 0 Å². The van der Waals surface area contributed by atoms with E-state index in [1.54, 1.807) is 6.33 Å². The van der Waals surface area contributed by atoms with Crippen molar-refractivity contribution < 1.29 is 0 Å². The summed E-state index contributed by atoms with van der Waals surface area (Å²) in [5.74, 6) is 2.17. The molecule has 2 aromatic rings. The van der Waals surface area contributed by atoms with E-state index in [0.717, 1.165) is 24.4 Å². The zero-order chi connectivity index (χ0) is 14.7. The van der Waals surface area contributed by atoms with Gasteiger partial charge in [0.2, 0.25) is 5.95 Å². The van der Waals surface area contributed by atoms with Gasteiger partial charge in [-0.1, -0.05) is 0 Å². The summed E-state index contributed by atoms with van der Waals surface area (Å²) in [4.78, 5) is 18.7. The Morgan fingerprint density at radius 3 is 2.86 bits per heavy atom. The van der Waals surface area contributed by atoms with Gasteiger partial charge in [0.15, 0.2) is 11.5 Å². The number of nitrogens with one attached hydrogen (secondary N) is 3. The predicted octanol–water partition coefficient (Wildman–Crippen LogP) is 1.54. The molecule has 0 atom stereocenters. The molecule has 7 heteroatoms. The first kappa shape index (κ1) is 14.1. The van der Waals surface area contributed by atoms with Crippen LogP contribution in [0.2, 0.25) is 0 Å². The molecule has 0 bridgehead atoms. The van der Waals surface area contributed by atoms with Crippen LogP contribution in [-0.4, -0.2) is 58.1 Å². The number of anilines is 2. The summed E-state index contributed by atoms with van der Waals surface area (Å²) in [5.41, 5.74) is 1.58. The Morgan fingerprint density at radius 1 is 1.29 bits per heavy atom. The van der Waals surface area contributed by atoms with E-state index >= 15 is 0 Å². The Morgan fingerprint density at radius 2 is 2.10 bits per heavy atom. The van der Waals surface area contributed by atoms with Crippen molar-refractivity contribution in [3.05, 3.63) is 6.33 Å². The number of imidazole rings is 1. The largest absolute Gasteiger partial charge is 0.368 e. The first-order valence-electron chi connectivity index (χ1n) is 7.63. The third kappa shape index (κ3) is 3.24. The minimum atomic E-state index is 0.628. The van der Waals surface area contributed by atoms with Crippen molar-refractivity contribution in [2.75, 3.05) is 43.9 Å². The zero-order valence-electron chi connectivity index (χ0n) is 12.7. The minimum Gasteiger partial charge on any atom is -0.368 e. The number of hydrogen-bond acceptors (Lipinski definition) is 6. The molecule has 0 radical (unpaired) electrons. The third-order valence-electron chi connectivity index (χ3n) is 4.02. The lowest BCUT2D eigenvalue weighted by atomic mass is 9.97. The molecule has 3 heterocycles. The number of hydrogen-bond donors (Lipinski definition) is 3. The van der Waals surface area contributed by atoms with Crippen molar-refractivity contribution in [3.8, 4) is 0 Å². The first-order chi connectivity index (χ1) is 10.3. The average molecular weight is 289 g/mol. The van der Waals surface area contributed by atoms with E-state index in [4.69, 9.17) is 0 Å². The van der Waals surface area contributed by atoms with E-state index in [0.29, 0.717) is 17.5 Å². The van der Waals surface area contributed by atoms with Gasteiger partial charge in [-0.15, -0.1) is 0 Å². The number of H-pyrrole nitrogens is 1. The average Bonchev–Trinajstić information content (AvgIpc) is 2.95. The minimum absolute atomic E-state index is 0.628. The monoisotopic (exact) mass is 289 g/mol. The number of likely N-dealkylation sites (tertiary alicyclic amines) is 1. The SMILES string of the molecule is CCNc1nc(NCC2CCN(C)CC2)c2[nH]cnc2n1. The van der Waals surface area contributed by atoms with Crippen LogP contribution in [0.25, 0.3) is 11.2 Å². The Labute approximate surface area is 124 Å². The first-order valence-corrected chi connectivity index (χ1v) is 7.63. The molecule has 3 N–H and O–H groups in total. The van der Waals surface area contributed by atoms with Crippen LogP contribution in [0.4, 0.5) is 11.8 Å². The summed E-state index contributed by atoms with van der Waals surface area (Å²) >= 11 is 0. The lowest BCUT2D eigenvalue weighted by molar-refractivity contribution is 0.226. The summed E-state index contributed by atoms with van der Waals surface area (Å²) < 4.78 is 0. The van der Waals surface area contributed by atoms with Crippen LogP contribution in [0.15, 0.2) is 6.33 Å². The Balaban J connectivity index is 1.71. The van der Waals surface area contributed by atoms with E-state index < -0.39 is 0 Å². The number of piperidine rings is 1. The molecule has 3 rings (SSSR count). The highest BCUT2D eigenvalue weighted by Gasteiger charge is 2.17. The van der Waals surface area contributed by atoms with Crippen LogP contribution in [0.3, 0.4) is 0 Å². The number of fused-ring (bicyclic) bond motifs is 1. The molecule has 21 heavy (non-hydrogen) atoms. The summed E-state index contributed by atoms with van der Waals surface area (Å²) in [5, 5.41) is 6.63. The molecule has 114 valence electrons. The molecule has 0 aliphatic carbocycles. The molecule has 7 nitrogen and oxygen atoms in total. The fourth-order valence-corrected chi connectivity index (χ4v) is 2.71. The van der Waals surface area contributed by atoms with Crippen LogP contribution in [-0.2, 0) is 0 Å². The van der Waals surface area contributed by atoms with Gasteiger partial charge in [-0.05, 0) is 45.8 Å². The lowest BCUT2D eigenvalue weighted by Gasteiger charge is -2.29. The van der Waals surface area contributed by atoms with Crippen molar-refractivity contribution in [2.45, 2.75) is 19.8 Å². The van der Waals surface area contributed by atoms with Crippen molar-refractivity contribution in [1.29, 1.82) is 0 Å². The topological polar surface area (TPSA) is 81.8 Å². The molecule has 0 unspecified atom stereocenters. The second kappa shape index (κ2) is 6.26. The fourth-order valence-electron chi connectivity index (χ4n) is 2.71. The summed E-state index contributed by atoms with van der Waals surface area (Å²) in [6, 6.07) is 0. The van der Waals surface area contributed by atoms with Gasteiger partial charge in [0, 0.05) is 13.1 Å². The van der Waals surface area contributed by atoms with Gasteiger partial charge in [0.05, 0.1) is 6.33 Å². The van der Waals surface area contributed by atoms with Gasteiger partial charge in [-0.25, -0.2) is 4.98 Å². The van der Waals surface area contributed by atoms with E-state index in [1.807, 2.05) is 6.92 Å². The zero-order valence-corrected chi connectivity index (χ0v) is 12.7. The van der Waals surface area contributed by atoms with Crippen molar-refractivity contribution in [2.24, 2.45) is 5.92 Å². The highest BCUT2D eigenvalue weighted by atomic mass is 15.2. The smallest absolute Gasteiger partial charge is 0.226 e. The second-order valence-electron chi connectivity index (χ2n) is 5.65.